The second kappa shape index (κ2) is 4.75. The SMILES string of the molecule is O=C(NCCNC1CC1)[C@H]1CCCO1. The van der Waals surface area contributed by atoms with E-state index in [9.17, 15) is 4.79 Å². The molecule has 0 aromatic heterocycles. The van der Waals surface area contributed by atoms with E-state index in [1.54, 1.807) is 0 Å². The van der Waals surface area contributed by atoms with Crippen molar-refractivity contribution < 1.29 is 9.53 Å². The Morgan fingerprint density at radius 3 is 2.79 bits per heavy atom. The Balaban J connectivity index is 1.52. The summed E-state index contributed by atoms with van der Waals surface area (Å²) >= 11 is 0. The van der Waals surface area contributed by atoms with Crippen LogP contribution in [0.25, 0.3) is 0 Å². The molecule has 1 saturated heterocycles. The quantitative estimate of drug-likeness (QED) is 0.613. The highest BCUT2D eigenvalue weighted by Gasteiger charge is 2.23. The molecule has 80 valence electrons. The number of carbonyl (C=O) groups excluding carboxylic acids is 1. The second-order valence-electron chi connectivity index (χ2n) is 4.02. The maximum atomic E-state index is 11.4. The molecule has 0 radical (unpaired) electrons. The highest BCUT2D eigenvalue weighted by Crippen LogP contribution is 2.17. The standard InChI is InChI=1S/C10H18N2O2/c13-10(9-2-1-7-14-9)12-6-5-11-8-3-4-8/h8-9,11H,1-7H2,(H,12,13)/t9-/m1/s1. The molecule has 14 heavy (non-hydrogen) atoms. The number of rotatable bonds is 5. The van der Waals surface area contributed by atoms with Gasteiger partial charge in [-0.05, 0) is 25.7 Å². The van der Waals surface area contributed by atoms with E-state index in [2.05, 4.69) is 10.6 Å². The fraction of sp³-hybridized carbons (Fsp3) is 0.900. The van der Waals surface area contributed by atoms with E-state index in [4.69, 9.17) is 4.74 Å². The fourth-order valence-corrected chi connectivity index (χ4v) is 1.65. The molecule has 4 heteroatoms. The summed E-state index contributed by atoms with van der Waals surface area (Å²) in [5, 5.41) is 6.23. The molecule has 4 nitrogen and oxygen atoms in total. The summed E-state index contributed by atoms with van der Waals surface area (Å²) in [5.74, 6) is 0.0556. The van der Waals surface area contributed by atoms with Gasteiger partial charge in [0, 0.05) is 25.7 Å². The lowest BCUT2D eigenvalue weighted by molar-refractivity contribution is -0.129. The Morgan fingerprint density at radius 1 is 1.29 bits per heavy atom. The summed E-state index contributed by atoms with van der Waals surface area (Å²) in [6.45, 7) is 2.33. The van der Waals surface area contributed by atoms with Crippen molar-refractivity contribution in [2.75, 3.05) is 19.7 Å². The van der Waals surface area contributed by atoms with Crippen LogP contribution in [-0.4, -0.2) is 37.7 Å². The summed E-state index contributed by atoms with van der Waals surface area (Å²) < 4.78 is 5.27. The van der Waals surface area contributed by atoms with Crippen molar-refractivity contribution in [3.63, 3.8) is 0 Å². The summed E-state index contributed by atoms with van der Waals surface area (Å²) in [5.41, 5.74) is 0. The van der Waals surface area contributed by atoms with Crippen LogP contribution in [0, 0.1) is 0 Å². The molecule has 1 amide bonds. The first-order chi connectivity index (χ1) is 6.86. The van der Waals surface area contributed by atoms with E-state index in [0.717, 1.165) is 38.6 Å². The Hall–Kier alpha value is -0.610. The lowest BCUT2D eigenvalue weighted by Crippen LogP contribution is -2.38. The van der Waals surface area contributed by atoms with Gasteiger partial charge in [0.2, 0.25) is 5.91 Å². The third-order valence-electron chi connectivity index (χ3n) is 2.66. The van der Waals surface area contributed by atoms with Crippen LogP contribution in [0.5, 0.6) is 0 Å². The smallest absolute Gasteiger partial charge is 0.249 e. The number of amides is 1. The van der Waals surface area contributed by atoms with Gasteiger partial charge in [0.05, 0.1) is 0 Å². The Bertz CT molecular complexity index is 198. The molecule has 1 aliphatic carbocycles. The van der Waals surface area contributed by atoms with Crippen molar-refractivity contribution in [1.29, 1.82) is 0 Å². The van der Waals surface area contributed by atoms with Gasteiger partial charge in [0.1, 0.15) is 6.10 Å². The van der Waals surface area contributed by atoms with Crippen LogP contribution >= 0.6 is 0 Å². The predicted octanol–water partition coefficient (Wildman–Crippen LogP) is 0.0336. The van der Waals surface area contributed by atoms with Crippen LogP contribution in [0.4, 0.5) is 0 Å². The van der Waals surface area contributed by atoms with Crippen molar-refractivity contribution in [1.82, 2.24) is 10.6 Å². The minimum Gasteiger partial charge on any atom is -0.368 e. The Labute approximate surface area is 84.4 Å². The molecule has 0 spiro atoms. The molecule has 1 aliphatic heterocycles. The van der Waals surface area contributed by atoms with Gasteiger partial charge in [-0.1, -0.05) is 0 Å². The molecule has 2 rings (SSSR count). The molecule has 0 aromatic rings. The van der Waals surface area contributed by atoms with Crippen LogP contribution in [0.1, 0.15) is 25.7 Å². The maximum Gasteiger partial charge on any atom is 0.249 e. The molecule has 1 atom stereocenters. The second-order valence-corrected chi connectivity index (χ2v) is 4.02. The Morgan fingerprint density at radius 2 is 2.14 bits per heavy atom. The highest BCUT2D eigenvalue weighted by atomic mass is 16.5. The minimum absolute atomic E-state index is 0.0556. The van der Waals surface area contributed by atoms with Gasteiger partial charge in [-0.2, -0.15) is 0 Å². The summed E-state index contributed by atoms with van der Waals surface area (Å²) in [7, 11) is 0. The van der Waals surface area contributed by atoms with Gasteiger partial charge < -0.3 is 15.4 Å². The first-order valence-electron chi connectivity index (χ1n) is 5.49. The van der Waals surface area contributed by atoms with Crippen LogP contribution in [0.15, 0.2) is 0 Å². The number of nitrogens with one attached hydrogen (secondary N) is 2. The van der Waals surface area contributed by atoms with Crippen molar-refractivity contribution in [2.45, 2.75) is 37.8 Å². The molecule has 0 aromatic carbocycles. The molecular formula is C10H18N2O2. The summed E-state index contributed by atoms with van der Waals surface area (Å²) in [6.07, 6.45) is 4.29. The van der Waals surface area contributed by atoms with Crippen LogP contribution < -0.4 is 10.6 Å². The zero-order valence-electron chi connectivity index (χ0n) is 8.42. The fourth-order valence-electron chi connectivity index (χ4n) is 1.65. The predicted molar refractivity (Wildman–Crippen MR) is 53.0 cm³/mol. The van der Waals surface area contributed by atoms with Crippen molar-refractivity contribution in [3.8, 4) is 0 Å². The van der Waals surface area contributed by atoms with E-state index in [1.807, 2.05) is 0 Å². The lowest BCUT2D eigenvalue weighted by Gasteiger charge is -2.10. The van der Waals surface area contributed by atoms with E-state index in [1.165, 1.54) is 12.8 Å². The van der Waals surface area contributed by atoms with E-state index < -0.39 is 0 Å². The highest BCUT2D eigenvalue weighted by molar-refractivity contribution is 5.80. The third kappa shape index (κ3) is 2.96. The van der Waals surface area contributed by atoms with Gasteiger partial charge in [-0.3, -0.25) is 4.79 Å². The van der Waals surface area contributed by atoms with Crippen LogP contribution in [0.3, 0.4) is 0 Å². The molecule has 0 bridgehead atoms. The molecule has 2 fully saturated rings. The number of hydrogen-bond acceptors (Lipinski definition) is 3. The molecular weight excluding hydrogens is 180 g/mol. The van der Waals surface area contributed by atoms with Crippen molar-refractivity contribution >= 4 is 5.91 Å². The molecule has 1 saturated carbocycles. The third-order valence-corrected chi connectivity index (χ3v) is 2.66. The van der Waals surface area contributed by atoms with Gasteiger partial charge >= 0.3 is 0 Å². The average Bonchev–Trinajstić information content (AvgIpc) is 2.84. The van der Waals surface area contributed by atoms with E-state index in [-0.39, 0.29) is 12.0 Å². The molecule has 2 N–H and O–H groups in total. The topological polar surface area (TPSA) is 50.4 Å². The van der Waals surface area contributed by atoms with Crippen molar-refractivity contribution in [3.05, 3.63) is 0 Å². The van der Waals surface area contributed by atoms with Gasteiger partial charge in [0.15, 0.2) is 0 Å². The number of carbonyl (C=O) groups is 1. The molecule has 1 heterocycles. The largest absolute Gasteiger partial charge is 0.368 e. The van der Waals surface area contributed by atoms with Crippen LogP contribution in [0.2, 0.25) is 0 Å². The first kappa shape index (κ1) is 9.93. The molecule has 0 unspecified atom stereocenters. The van der Waals surface area contributed by atoms with E-state index in [0.29, 0.717) is 0 Å². The van der Waals surface area contributed by atoms with Gasteiger partial charge in [-0.15, -0.1) is 0 Å². The monoisotopic (exact) mass is 198 g/mol. The zero-order chi connectivity index (χ0) is 9.80. The van der Waals surface area contributed by atoms with Gasteiger partial charge in [-0.25, -0.2) is 0 Å². The Kier molecular flexibility index (Phi) is 3.37. The maximum absolute atomic E-state index is 11.4. The van der Waals surface area contributed by atoms with E-state index >= 15 is 0 Å². The summed E-state index contributed by atoms with van der Waals surface area (Å²) in [4.78, 5) is 11.4. The van der Waals surface area contributed by atoms with Crippen LogP contribution in [-0.2, 0) is 9.53 Å². The molecule has 2 aliphatic rings. The summed E-state index contributed by atoms with van der Waals surface area (Å²) in [6, 6.07) is 0.717. The first-order valence-corrected chi connectivity index (χ1v) is 5.49. The van der Waals surface area contributed by atoms with Crippen molar-refractivity contribution in [2.24, 2.45) is 0 Å². The normalized spacial score (nSPS) is 26.4. The number of ether oxygens (including phenoxy) is 1. The average molecular weight is 198 g/mol. The van der Waals surface area contributed by atoms with Gasteiger partial charge in [0.25, 0.3) is 0 Å². The number of hydrogen-bond donors (Lipinski definition) is 2. The lowest BCUT2D eigenvalue weighted by atomic mass is 10.2. The minimum atomic E-state index is -0.184. The zero-order valence-corrected chi connectivity index (χ0v) is 8.42.